The molecule has 0 saturated heterocycles. The van der Waals surface area contributed by atoms with Crippen LogP contribution in [0, 0.1) is 6.92 Å². The van der Waals surface area contributed by atoms with Crippen LogP contribution in [0.2, 0.25) is 0 Å². The van der Waals surface area contributed by atoms with E-state index in [2.05, 4.69) is 17.2 Å². The van der Waals surface area contributed by atoms with Crippen LogP contribution in [0.15, 0.2) is 29.6 Å². The Morgan fingerprint density at radius 2 is 2.10 bits per heavy atom. The maximum atomic E-state index is 11.9. The van der Waals surface area contributed by atoms with Crippen molar-refractivity contribution in [3.8, 4) is 11.3 Å². The molecule has 2 rings (SSSR count). The standard InChI is InChI=1S/C16H21N3OS/c1-3-4-5-14(17)16(20)19-13-8-6-12(7-9-13)15-10-21-11(2)18-15/h6-10,14H,3-5,17H2,1-2H3,(H,19,20). The summed E-state index contributed by atoms with van der Waals surface area (Å²) in [6, 6.07) is 7.25. The summed E-state index contributed by atoms with van der Waals surface area (Å²) >= 11 is 1.63. The number of hydrogen-bond donors (Lipinski definition) is 2. The zero-order chi connectivity index (χ0) is 15.2. The topological polar surface area (TPSA) is 68.0 Å². The van der Waals surface area contributed by atoms with Crippen LogP contribution in [-0.4, -0.2) is 16.9 Å². The average molecular weight is 303 g/mol. The molecule has 0 saturated carbocycles. The number of aromatic nitrogens is 1. The van der Waals surface area contributed by atoms with Gasteiger partial charge >= 0.3 is 0 Å². The van der Waals surface area contributed by atoms with Crippen molar-refractivity contribution in [2.24, 2.45) is 5.73 Å². The highest BCUT2D eigenvalue weighted by atomic mass is 32.1. The highest BCUT2D eigenvalue weighted by molar-refractivity contribution is 7.09. The number of benzene rings is 1. The van der Waals surface area contributed by atoms with E-state index >= 15 is 0 Å². The summed E-state index contributed by atoms with van der Waals surface area (Å²) < 4.78 is 0. The van der Waals surface area contributed by atoms with Crippen LogP contribution >= 0.6 is 11.3 Å². The monoisotopic (exact) mass is 303 g/mol. The second-order valence-electron chi connectivity index (χ2n) is 5.07. The van der Waals surface area contributed by atoms with Gasteiger partial charge in [-0.1, -0.05) is 31.9 Å². The molecule has 5 heteroatoms. The van der Waals surface area contributed by atoms with Gasteiger partial charge in [-0.25, -0.2) is 4.98 Å². The van der Waals surface area contributed by atoms with E-state index in [4.69, 9.17) is 5.73 Å². The number of nitrogens with one attached hydrogen (secondary N) is 1. The molecule has 1 aromatic carbocycles. The molecule has 0 aliphatic rings. The first-order valence-electron chi connectivity index (χ1n) is 7.19. The summed E-state index contributed by atoms with van der Waals surface area (Å²) in [4.78, 5) is 16.4. The van der Waals surface area contributed by atoms with Crippen molar-refractivity contribution in [1.82, 2.24) is 4.98 Å². The van der Waals surface area contributed by atoms with Crippen LogP contribution in [0.1, 0.15) is 31.2 Å². The number of nitrogens with zero attached hydrogens (tertiary/aromatic N) is 1. The third-order valence-electron chi connectivity index (χ3n) is 3.27. The van der Waals surface area contributed by atoms with E-state index < -0.39 is 6.04 Å². The van der Waals surface area contributed by atoms with Gasteiger partial charge in [0.15, 0.2) is 0 Å². The second-order valence-corrected chi connectivity index (χ2v) is 6.13. The summed E-state index contributed by atoms with van der Waals surface area (Å²) in [6.07, 6.45) is 2.73. The molecule has 21 heavy (non-hydrogen) atoms. The van der Waals surface area contributed by atoms with E-state index in [0.717, 1.165) is 41.2 Å². The van der Waals surface area contributed by atoms with Crippen LogP contribution in [0.4, 0.5) is 5.69 Å². The molecule has 4 nitrogen and oxygen atoms in total. The van der Waals surface area contributed by atoms with E-state index in [1.807, 2.05) is 36.6 Å². The first-order chi connectivity index (χ1) is 10.1. The minimum atomic E-state index is -0.439. The molecule has 1 heterocycles. The zero-order valence-corrected chi connectivity index (χ0v) is 13.2. The predicted octanol–water partition coefficient (Wildman–Crippen LogP) is 3.57. The van der Waals surface area contributed by atoms with E-state index in [1.165, 1.54) is 0 Å². The van der Waals surface area contributed by atoms with Gasteiger partial charge in [0.1, 0.15) is 0 Å². The number of nitrogens with two attached hydrogens (primary N) is 1. The molecule has 0 fully saturated rings. The van der Waals surface area contributed by atoms with Gasteiger partial charge in [0, 0.05) is 16.6 Å². The van der Waals surface area contributed by atoms with Gasteiger partial charge in [-0.3, -0.25) is 4.79 Å². The lowest BCUT2D eigenvalue weighted by molar-refractivity contribution is -0.117. The lowest BCUT2D eigenvalue weighted by Crippen LogP contribution is -2.35. The first kappa shape index (κ1) is 15.7. The van der Waals surface area contributed by atoms with Gasteiger partial charge in [0.05, 0.1) is 16.7 Å². The van der Waals surface area contributed by atoms with E-state index in [0.29, 0.717) is 0 Å². The van der Waals surface area contributed by atoms with E-state index in [-0.39, 0.29) is 5.91 Å². The predicted molar refractivity (Wildman–Crippen MR) is 88.4 cm³/mol. The van der Waals surface area contributed by atoms with Crippen LogP contribution in [0.3, 0.4) is 0 Å². The van der Waals surface area contributed by atoms with Crippen LogP contribution in [-0.2, 0) is 4.79 Å². The molecule has 112 valence electrons. The molecule has 1 aromatic heterocycles. The maximum Gasteiger partial charge on any atom is 0.241 e. The van der Waals surface area contributed by atoms with Crippen molar-refractivity contribution < 1.29 is 4.79 Å². The Bertz CT molecular complexity index is 592. The van der Waals surface area contributed by atoms with Gasteiger partial charge < -0.3 is 11.1 Å². The summed E-state index contributed by atoms with van der Waals surface area (Å²) in [6.45, 7) is 4.07. The van der Waals surface area contributed by atoms with Crippen molar-refractivity contribution >= 4 is 22.9 Å². The lowest BCUT2D eigenvalue weighted by atomic mass is 10.1. The quantitative estimate of drug-likeness (QED) is 0.857. The molecule has 1 unspecified atom stereocenters. The molecule has 0 radical (unpaired) electrons. The minimum Gasteiger partial charge on any atom is -0.325 e. The molecule has 0 bridgehead atoms. The molecule has 0 spiro atoms. The Morgan fingerprint density at radius 1 is 1.38 bits per heavy atom. The van der Waals surface area contributed by atoms with Crippen LogP contribution < -0.4 is 11.1 Å². The average Bonchev–Trinajstić information content (AvgIpc) is 2.92. The molecule has 2 aromatic rings. The lowest BCUT2D eigenvalue weighted by Gasteiger charge is -2.11. The number of unbranched alkanes of at least 4 members (excludes halogenated alkanes) is 1. The fraction of sp³-hybridized carbons (Fsp3) is 0.375. The maximum absolute atomic E-state index is 11.9. The van der Waals surface area contributed by atoms with E-state index in [1.54, 1.807) is 11.3 Å². The van der Waals surface area contributed by atoms with Gasteiger partial charge in [-0.15, -0.1) is 11.3 Å². The highest BCUT2D eigenvalue weighted by Crippen LogP contribution is 2.23. The number of anilines is 1. The van der Waals surface area contributed by atoms with Crippen molar-refractivity contribution in [2.75, 3.05) is 5.32 Å². The van der Waals surface area contributed by atoms with Crippen molar-refractivity contribution in [1.29, 1.82) is 0 Å². The Labute approximate surface area is 129 Å². The Kier molecular flexibility index (Phi) is 5.47. The first-order valence-corrected chi connectivity index (χ1v) is 8.07. The number of carbonyl (C=O) groups excluding carboxylic acids is 1. The number of thiazole rings is 1. The van der Waals surface area contributed by atoms with Crippen molar-refractivity contribution in [3.63, 3.8) is 0 Å². The Morgan fingerprint density at radius 3 is 2.67 bits per heavy atom. The fourth-order valence-corrected chi connectivity index (χ4v) is 2.63. The van der Waals surface area contributed by atoms with Gasteiger partial charge in [0.2, 0.25) is 5.91 Å². The summed E-state index contributed by atoms with van der Waals surface area (Å²) in [5.41, 5.74) is 8.64. The van der Waals surface area contributed by atoms with Crippen molar-refractivity contribution in [2.45, 2.75) is 39.2 Å². The van der Waals surface area contributed by atoms with Crippen LogP contribution in [0.5, 0.6) is 0 Å². The number of carbonyl (C=O) groups is 1. The fourth-order valence-electron chi connectivity index (χ4n) is 2.01. The molecular weight excluding hydrogens is 282 g/mol. The molecule has 1 amide bonds. The molecular formula is C16H21N3OS. The van der Waals surface area contributed by atoms with Gasteiger partial charge in [0.25, 0.3) is 0 Å². The number of amides is 1. The second kappa shape index (κ2) is 7.33. The third-order valence-corrected chi connectivity index (χ3v) is 4.05. The summed E-state index contributed by atoms with van der Waals surface area (Å²) in [7, 11) is 0. The van der Waals surface area contributed by atoms with E-state index in [9.17, 15) is 4.79 Å². The normalized spacial score (nSPS) is 12.1. The smallest absolute Gasteiger partial charge is 0.241 e. The van der Waals surface area contributed by atoms with Crippen LogP contribution in [0.25, 0.3) is 11.3 Å². The summed E-state index contributed by atoms with van der Waals surface area (Å²) in [5, 5.41) is 5.93. The largest absolute Gasteiger partial charge is 0.325 e. The molecule has 0 aliphatic carbocycles. The molecule has 0 aliphatic heterocycles. The number of hydrogen-bond acceptors (Lipinski definition) is 4. The van der Waals surface area contributed by atoms with Gasteiger partial charge in [-0.05, 0) is 25.5 Å². The highest BCUT2D eigenvalue weighted by Gasteiger charge is 2.12. The molecule has 3 N–H and O–H groups in total. The zero-order valence-electron chi connectivity index (χ0n) is 12.4. The Balaban J connectivity index is 1.97. The SMILES string of the molecule is CCCCC(N)C(=O)Nc1ccc(-c2csc(C)n2)cc1. The number of rotatable bonds is 6. The van der Waals surface area contributed by atoms with Crippen molar-refractivity contribution in [3.05, 3.63) is 34.7 Å². The minimum absolute atomic E-state index is 0.124. The third kappa shape index (κ3) is 4.37. The summed E-state index contributed by atoms with van der Waals surface area (Å²) in [5.74, 6) is -0.124. The number of aryl methyl sites for hydroxylation is 1. The Hall–Kier alpha value is -1.72. The van der Waals surface area contributed by atoms with Gasteiger partial charge in [-0.2, -0.15) is 0 Å². The molecule has 1 atom stereocenters.